The van der Waals surface area contributed by atoms with Gasteiger partial charge in [-0.15, -0.1) is 0 Å². The van der Waals surface area contributed by atoms with Gasteiger partial charge in [0.1, 0.15) is 11.6 Å². The topological polar surface area (TPSA) is 0 Å². The second kappa shape index (κ2) is 12.0. The van der Waals surface area contributed by atoms with E-state index in [1.807, 2.05) is 6.07 Å². The van der Waals surface area contributed by atoms with Gasteiger partial charge in [-0.3, -0.25) is 0 Å². The summed E-state index contributed by atoms with van der Waals surface area (Å²) in [5.41, 5.74) is 5.53. The average molecular weight is 481 g/mol. The smallest absolute Gasteiger partial charge is 0.142 e. The molecule has 3 aromatic rings. The third-order valence-electron chi connectivity index (χ3n) is 7.46. The first kappa shape index (κ1) is 24.9. The highest BCUT2D eigenvalue weighted by Gasteiger charge is 2.22. The van der Waals surface area contributed by atoms with E-state index in [1.54, 1.807) is 18.2 Å². The summed E-state index contributed by atoms with van der Waals surface area (Å²) in [6, 6.07) is 19.7. The highest BCUT2D eigenvalue weighted by Crippen LogP contribution is 2.37. The fraction of sp³-hybridized carbons (Fsp3) is 0.419. The Bertz CT molecular complexity index is 1070. The molecule has 1 aliphatic rings. The van der Waals surface area contributed by atoms with Crippen LogP contribution in [0, 0.1) is 17.6 Å². The maximum absolute atomic E-state index is 14.7. The molecule has 180 valence electrons. The van der Waals surface area contributed by atoms with E-state index in [1.165, 1.54) is 49.3 Å². The fourth-order valence-corrected chi connectivity index (χ4v) is 5.44. The predicted octanol–water partition coefficient (Wildman–Crippen LogP) is 9.26. The number of hydrogen-bond acceptors (Lipinski definition) is 0. The van der Waals surface area contributed by atoms with Crippen LogP contribution in [0.15, 0.2) is 60.7 Å². The Morgan fingerprint density at radius 1 is 0.706 bits per heavy atom. The quantitative estimate of drug-likeness (QED) is 0.286. The van der Waals surface area contributed by atoms with Crippen LogP contribution in [0.2, 0.25) is 5.02 Å². The molecule has 1 aliphatic carbocycles. The molecule has 1 saturated carbocycles. The monoisotopic (exact) mass is 480 g/mol. The second-order valence-corrected chi connectivity index (χ2v) is 10.3. The van der Waals surface area contributed by atoms with Gasteiger partial charge in [-0.05, 0) is 116 Å². The van der Waals surface area contributed by atoms with E-state index >= 15 is 0 Å². The third-order valence-corrected chi connectivity index (χ3v) is 7.77. The lowest BCUT2D eigenvalue weighted by Gasteiger charge is -2.29. The number of benzene rings is 3. The number of hydrogen-bond donors (Lipinski definition) is 0. The summed E-state index contributed by atoms with van der Waals surface area (Å²) in [6.45, 7) is 2.23. The van der Waals surface area contributed by atoms with Crippen molar-refractivity contribution in [1.29, 1.82) is 0 Å². The van der Waals surface area contributed by atoms with Gasteiger partial charge in [-0.25, -0.2) is 8.78 Å². The van der Waals surface area contributed by atoms with Crippen LogP contribution in [0.3, 0.4) is 0 Å². The van der Waals surface area contributed by atoms with Crippen LogP contribution >= 0.6 is 11.6 Å². The van der Waals surface area contributed by atoms with Crippen molar-refractivity contribution in [1.82, 2.24) is 0 Å². The van der Waals surface area contributed by atoms with Crippen molar-refractivity contribution in [3.63, 3.8) is 0 Å². The molecule has 0 aromatic heterocycles. The normalized spacial score (nSPS) is 18.2. The Morgan fingerprint density at radius 3 is 2.03 bits per heavy atom. The van der Waals surface area contributed by atoms with Crippen LogP contribution in [-0.4, -0.2) is 0 Å². The lowest BCUT2D eigenvalue weighted by atomic mass is 9.77. The Kier molecular flexibility index (Phi) is 8.78. The van der Waals surface area contributed by atoms with Crippen LogP contribution < -0.4 is 0 Å². The summed E-state index contributed by atoms with van der Waals surface area (Å²) >= 11 is 5.74. The largest absolute Gasteiger partial charge is 0.207 e. The Labute approximate surface area is 208 Å². The number of aryl methyl sites for hydroxylation is 4. The summed E-state index contributed by atoms with van der Waals surface area (Å²) in [5.74, 6) is 0.854. The Hall–Kier alpha value is -2.19. The molecule has 0 spiro atoms. The van der Waals surface area contributed by atoms with E-state index in [9.17, 15) is 8.78 Å². The second-order valence-electron chi connectivity index (χ2n) is 9.92. The SMILES string of the molecule is CCCc1ccc(C2CCC(CCc3ccc(CCc4ccc(Cl)c(F)c4)c(F)c3)CC2)cc1. The van der Waals surface area contributed by atoms with Crippen LogP contribution in [0.1, 0.15) is 79.2 Å². The third kappa shape index (κ3) is 6.69. The van der Waals surface area contributed by atoms with Crippen LogP contribution in [-0.2, 0) is 25.7 Å². The highest BCUT2D eigenvalue weighted by atomic mass is 35.5. The number of rotatable bonds is 9. The molecule has 0 saturated heterocycles. The van der Waals surface area contributed by atoms with Gasteiger partial charge >= 0.3 is 0 Å². The van der Waals surface area contributed by atoms with Gasteiger partial charge in [0.05, 0.1) is 5.02 Å². The first-order valence-corrected chi connectivity index (χ1v) is 13.2. The van der Waals surface area contributed by atoms with Crippen LogP contribution in [0.4, 0.5) is 8.78 Å². The van der Waals surface area contributed by atoms with Gasteiger partial charge in [0.25, 0.3) is 0 Å². The maximum atomic E-state index is 14.7. The predicted molar refractivity (Wildman–Crippen MR) is 139 cm³/mol. The van der Waals surface area contributed by atoms with Crippen molar-refractivity contribution in [2.75, 3.05) is 0 Å². The molecular formula is C31H35ClF2. The van der Waals surface area contributed by atoms with Gasteiger partial charge in [-0.1, -0.05) is 67.4 Å². The molecule has 0 N–H and O–H groups in total. The number of halogens is 3. The molecule has 0 heterocycles. The maximum Gasteiger partial charge on any atom is 0.142 e. The molecule has 0 atom stereocenters. The molecule has 0 radical (unpaired) electrons. The summed E-state index contributed by atoms with van der Waals surface area (Å²) in [6.07, 6.45) is 10.6. The highest BCUT2D eigenvalue weighted by molar-refractivity contribution is 6.30. The zero-order valence-electron chi connectivity index (χ0n) is 20.1. The van der Waals surface area contributed by atoms with Gasteiger partial charge in [0, 0.05) is 0 Å². The van der Waals surface area contributed by atoms with Gasteiger partial charge in [-0.2, -0.15) is 0 Å². The summed E-state index contributed by atoms with van der Waals surface area (Å²) in [7, 11) is 0. The van der Waals surface area contributed by atoms with Crippen molar-refractivity contribution >= 4 is 11.6 Å². The van der Waals surface area contributed by atoms with Crippen molar-refractivity contribution in [2.24, 2.45) is 5.92 Å². The van der Waals surface area contributed by atoms with E-state index < -0.39 is 5.82 Å². The van der Waals surface area contributed by atoms with E-state index in [2.05, 4.69) is 37.3 Å². The molecule has 0 amide bonds. The minimum atomic E-state index is -0.422. The van der Waals surface area contributed by atoms with Crippen LogP contribution in [0.5, 0.6) is 0 Å². The molecule has 0 unspecified atom stereocenters. The molecule has 1 fully saturated rings. The molecule has 0 bridgehead atoms. The first-order valence-electron chi connectivity index (χ1n) is 12.8. The van der Waals surface area contributed by atoms with Crippen molar-refractivity contribution in [3.05, 3.63) is 105 Å². The zero-order chi connectivity index (χ0) is 23.9. The first-order chi connectivity index (χ1) is 16.5. The summed E-state index contributed by atoms with van der Waals surface area (Å²) < 4.78 is 28.3. The van der Waals surface area contributed by atoms with Crippen molar-refractivity contribution in [2.45, 2.75) is 77.0 Å². The Balaban J connectivity index is 1.23. The lowest BCUT2D eigenvalue weighted by Crippen LogP contribution is -2.14. The molecule has 0 nitrogen and oxygen atoms in total. The van der Waals surface area contributed by atoms with Crippen LogP contribution in [0.25, 0.3) is 0 Å². The van der Waals surface area contributed by atoms with Gasteiger partial charge in [0.15, 0.2) is 0 Å². The van der Waals surface area contributed by atoms with E-state index in [0.717, 1.165) is 36.3 Å². The Morgan fingerprint density at radius 2 is 1.35 bits per heavy atom. The van der Waals surface area contributed by atoms with E-state index in [0.29, 0.717) is 24.3 Å². The molecule has 3 heteroatoms. The van der Waals surface area contributed by atoms with E-state index in [-0.39, 0.29) is 10.8 Å². The summed E-state index contributed by atoms with van der Waals surface area (Å²) in [5, 5.41) is 0.119. The standard InChI is InChI=1S/C31H35ClF2/c1-2-3-22-6-13-26(14-7-22)27-15-8-23(9-16-27)4-5-24-10-17-28(30(33)20-24)18-11-25-12-19-29(32)31(34)21-25/h6-7,10,12-14,17,19-21,23,27H,2-5,8-9,11,15-16,18H2,1H3. The molecule has 3 aromatic carbocycles. The zero-order valence-corrected chi connectivity index (χ0v) is 20.9. The summed E-state index contributed by atoms with van der Waals surface area (Å²) in [4.78, 5) is 0. The fourth-order valence-electron chi connectivity index (χ4n) is 5.32. The molecule has 34 heavy (non-hydrogen) atoms. The molecule has 4 rings (SSSR count). The lowest BCUT2D eigenvalue weighted by molar-refractivity contribution is 0.310. The van der Waals surface area contributed by atoms with E-state index in [4.69, 9.17) is 11.6 Å². The molecule has 0 aliphatic heterocycles. The minimum Gasteiger partial charge on any atom is -0.207 e. The van der Waals surface area contributed by atoms with Crippen molar-refractivity contribution in [3.8, 4) is 0 Å². The minimum absolute atomic E-state index is 0.119. The average Bonchev–Trinajstić information content (AvgIpc) is 2.85. The van der Waals surface area contributed by atoms with Gasteiger partial charge in [0.2, 0.25) is 0 Å². The van der Waals surface area contributed by atoms with Crippen molar-refractivity contribution < 1.29 is 8.78 Å². The van der Waals surface area contributed by atoms with Gasteiger partial charge < -0.3 is 0 Å². The molecular weight excluding hydrogens is 446 g/mol.